The molecule has 1 aliphatic carbocycles. The molecule has 0 aromatic rings. The van der Waals surface area contributed by atoms with Crippen molar-refractivity contribution in [3.05, 3.63) is 0 Å². The normalized spacial score (nSPS) is 30.2. The molecule has 2 fully saturated rings. The standard InChI is InChI=1S/C14H27NO/c1-15-14(13-8-5-9-16-11-13)10-12-6-3-2-4-7-12/h12-15H,2-11H2,1H3. The van der Waals surface area contributed by atoms with Crippen LogP contribution in [-0.2, 0) is 4.74 Å². The van der Waals surface area contributed by atoms with Gasteiger partial charge in [0, 0.05) is 12.6 Å². The Hall–Kier alpha value is -0.0800. The van der Waals surface area contributed by atoms with Crippen LogP contribution in [0.5, 0.6) is 0 Å². The van der Waals surface area contributed by atoms with E-state index < -0.39 is 0 Å². The third-order valence-corrected chi connectivity index (χ3v) is 4.45. The Morgan fingerprint density at radius 1 is 1.12 bits per heavy atom. The number of ether oxygens (including phenoxy) is 1. The van der Waals surface area contributed by atoms with E-state index in [1.54, 1.807) is 0 Å². The summed E-state index contributed by atoms with van der Waals surface area (Å²) in [5, 5.41) is 3.54. The molecule has 0 aromatic heterocycles. The molecule has 0 aromatic carbocycles. The summed E-state index contributed by atoms with van der Waals surface area (Å²) in [6.07, 6.45) is 11.3. The van der Waals surface area contributed by atoms with Gasteiger partial charge >= 0.3 is 0 Å². The first-order valence-corrected chi connectivity index (χ1v) is 7.15. The second-order valence-corrected chi connectivity index (χ2v) is 5.61. The molecule has 2 aliphatic rings. The minimum Gasteiger partial charge on any atom is -0.381 e. The van der Waals surface area contributed by atoms with Crippen molar-refractivity contribution in [1.29, 1.82) is 0 Å². The van der Waals surface area contributed by atoms with Crippen LogP contribution in [-0.4, -0.2) is 26.3 Å². The van der Waals surface area contributed by atoms with Crippen LogP contribution in [0.25, 0.3) is 0 Å². The van der Waals surface area contributed by atoms with Crippen LogP contribution >= 0.6 is 0 Å². The predicted molar refractivity (Wildman–Crippen MR) is 67.6 cm³/mol. The molecular weight excluding hydrogens is 198 g/mol. The minimum absolute atomic E-state index is 0.698. The zero-order valence-electron chi connectivity index (χ0n) is 10.7. The summed E-state index contributed by atoms with van der Waals surface area (Å²) in [5.74, 6) is 1.74. The molecule has 94 valence electrons. The van der Waals surface area contributed by atoms with Gasteiger partial charge in [0.05, 0.1) is 6.61 Å². The van der Waals surface area contributed by atoms with Gasteiger partial charge in [-0.3, -0.25) is 0 Å². The fraction of sp³-hybridized carbons (Fsp3) is 1.00. The summed E-state index contributed by atoms with van der Waals surface area (Å²) in [5.41, 5.74) is 0. The van der Waals surface area contributed by atoms with Crippen molar-refractivity contribution in [3.63, 3.8) is 0 Å². The first kappa shape index (κ1) is 12.4. The highest BCUT2D eigenvalue weighted by Gasteiger charge is 2.26. The van der Waals surface area contributed by atoms with E-state index in [4.69, 9.17) is 4.74 Å². The lowest BCUT2D eigenvalue weighted by atomic mass is 9.80. The second kappa shape index (κ2) is 6.61. The summed E-state index contributed by atoms with van der Waals surface area (Å²) in [7, 11) is 2.13. The SMILES string of the molecule is CNC(CC1CCCCC1)C1CCCOC1. The van der Waals surface area contributed by atoms with Crippen LogP contribution in [0, 0.1) is 11.8 Å². The van der Waals surface area contributed by atoms with E-state index >= 15 is 0 Å². The maximum atomic E-state index is 5.61. The van der Waals surface area contributed by atoms with E-state index in [1.807, 2.05) is 0 Å². The van der Waals surface area contributed by atoms with Gasteiger partial charge in [-0.15, -0.1) is 0 Å². The van der Waals surface area contributed by atoms with Crippen LogP contribution in [0.2, 0.25) is 0 Å². The van der Waals surface area contributed by atoms with Gasteiger partial charge in [0.25, 0.3) is 0 Å². The summed E-state index contributed by atoms with van der Waals surface area (Å²) in [4.78, 5) is 0. The average Bonchev–Trinajstić information content (AvgIpc) is 2.38. The Morgan fingerprint density at radius 3 is 2.56 bits per heavy atom. The van der Waals surface area contributed by atoms with Crippen LogP contribution in [0.4, 0.5) is 0 Å². The molecule has 0 radical (unpaired) electrons. The topological polar surface area (TPSA) is 21.3 Å². The van der Waals surface area contributed by atoms with Gasteiger partial charge in [-0.25, -0.2) is 0 Å². The molecule has 2 nitrogen and oxygen atoms in total. The van der Waals surface area contributed by atoms with E-state index in [2.05, 4.69) is 12.4 Å². The molecule has 1 saturated carbocycles. The first-order valence-electron chi connectivity index (χ1n) is 7.15. The maximum absolute atomic E-state index is 5.61. The van der Waals surface area contributed by atoms with Crippen molar-refractivity contribution < 1.29 is 4.74 Å². The van der Waals surface area contributed by atoms with Gasteiger partial charge in [-0.1, -0.05) is 32.1 Å². The molecule has 0 bridgehead atoms. The molecule has 1 aliphatic heterocycles. The first-order chi connectivity index (χ1) is 7.90. The van der Waals surface area contributed by atoms with E-state index in [1.165, 1.54) is 51.4 Å². The lowest BCUT2D eigenvalue weighted by molar-refractivity contribution is 0.0354. The largest absolute Gasteiger partial charge is 0.381 e. The van der Waals surface area contributed by atoms with Gasteiger partial charge in [-0.2, -0.15) is 0 Å². The van der Waals surface area contributed by atoms with Gasteiger partial charge in [0.2, 0.25) is 0 Å². The van der Waals surface area contributed by atoms with E-state index in [9.17, 15) is 0 Å². The molecule has 2 rings (SSSR count). The third-order valence-electron chi connectivity index (χ3n) is 4.45. The van der Waals surface area contributed by atoms with Crippen molar-refractivity contribution in [3.8, 4) is 0 Å². The third kappa shape index (κ3) is 3.46. The summed E-state index contributed by atoms with van der Waals surface area (Å²) < 4.78 is 5.61. The van der Waals surface area contributed by atoms with Gasteiger partial charge in [0.15, 0.2) is 0 Å². The molecule has 0 amide bonds. The highest BCUT2D eigenvalue weighted by molar-refractivity contribution is 4.81. The molecule has 16 heavy (non-hydrogen) atoms. The molecule has 1 heterocycles. The second-order valence-electron chi connectivity index (χ2n) is 5.61. The smallest absolute Gasteiger partial charge is 0.0509 e. The molecule has 1 saturated heterocycles. The molecular formula is C14H27NO. The summed E-state index contributed by atoms with van der Waals surface area (Å²) in [6.45, 7) is 1.97. The zero-order valence-corrected chi connectivity index (χ0v) is 10.7. The van der Waals surface area contributed by atoms with Crippen LogP contribution in [0.15, 0.2) is 0 Å². The Kier molecular flexibility index (Phi) is 5.11. The van der Waals surface area contributed by atoms with Crippen molar-refractivity contribution >= 4 is 0 Å². The lowest BCUT2D eigenvalue weighted by Crippen LogP contribution is -2.39. The van der Waals surface area contributed by atoms with Gasteiger partial charge in [0.1, 0.15) is 0 Å². The predicted octanol–water partition coefficient (Wildman–Crippen LogP) is 2.97. The minimum atomic E-state index is 0.698. The summed E-state index contributed by atoms with van der Waals surface area (Å²) >= 11 is 0. The molecule has 2 heteroatoms. The van der Waals surface area contributed by atoms with Crippen molar-refractivity contribution in [2.75, 3.05) is 20.3 Å². The molecule has 2 atom stereocenters. The van der Waals surface area contributed by atoms with Crippen LogP contribution < -0.4 is 5.32 Å². The Bertz CT molecular complexity index is 183. The number of hydrogen-bond donors (Lipinski definition) is 1. The lowest BCUT2D eigenvalue weighted by Gasteiger charge is -2.33. The monoisotopic (exact) mass is 225 g/mol. The zero-order chi connectivity index (χ0) is 11.2. The van der Waals surface area contributed by atoms with Crippen molar-refractivity contribution in [2.45, 2.75) is 57.4 Å². The van der Waals surface area contributed by atoms with Gasteiger partial charge < -0.3 is 10.1 Å². The molecule has 1 N–H and O–H groups in total. The molecule has 2 unspecified atom stereocenters. The van der Waals surface area contributed by atoms with Gasteiger partial charge in [-0.05, 0) is 38.1 Å². The van der Waals surface area contributed by atoms with E-state index in [-0.39, 0.29) is 0 Å². The highest BCUT2D eigenvalue weighted by atomic mass is 16.5. The van der Waals surface area contributed by atoms with E-state index in [0.717, 1.165) is 25.0 Å². The quantitative estimate of drug-likeness (QED) is 0.794. The Morgan fingerprint density at radius 2 is 1.94 bits per heavy atom. The van der Waals surface area contributed by atoms with Crippen LogP contribution in [0.3, 0.4) is 0 Å². The highest BCUT2D eigenvalue weighted by Crippen LogP contribution is 2.30. The number of nitrogens with one attached hydrogen (secondary N) is 1. The fourth-order valence-corrected chi connectivity index (χ4v) is 3.41. The fourth-order valence-electron chi connectivity index (χ4n) is 3.41. The number of rotatable bonds is 4. The van der Waals surface area contributed by atoms with Crippen molar-refractivity contribution in [2.24, 2.45) is 11.8 Å². The average molecular weight is 225 g/mol. The summed E-state index contributed by atoms with van der Waals surface area (Å²) in [6, 6.07) is 0.698. The Balaban J connectivity index is 1.78. The van der Waals surface area contributed by atoms with Crippen LogP contribution in [0.1, 0.15) is 51.4 Å². The Labute approximate surface area is 100 Å². The van der Waals surface area contributed by atoms with Crippen molar-refractivity contribution in [1.82, 2.24) is 5.32 Å². The molecule has 0 spiro atoms. The van der Waals surface area contributed by atoms with E-state index in [0.29, 0.717) is 6.04 Å². The number of hydrogen-bond acceptors (Lipinski definition) is 2. The maximum Gasteiger partial charge on any atom is 0.0509 e.